The summed E-state index contributed by atoms with van der Waals surface area (Å²) in [5.41, 5.74) is 1.11. The molecule has 5 nitrogen and oxygen atoms in total. The van der Waals surface area contributed by atoms with Crippen LogP contribution in [0.4, 0.5) is 0 Å². The molecule has 0 saturated heterocycles. The van der Waals surface area contributed by atoms with Gasteiger partial charge in [-0.15, -0.1) is 0 Å². The van der Waals surface area contributed by atoms with Gasteiger partial charge in [-0.25, -0.2) is 4.52 Å². The highest BCUT2D eigenvalue weighted by molar-refractivity contribution is 6.00. The fourth-order valence-corrected chi connectivity index (χ4v) is 2.25. The van der Waals surface area contributed by atoms with Gasteiger partial charge in [0.2, 0.25) is 0 Å². The van der Waals surface area contributed by atoms with Gasteiger partial charge in [0.15, 0.2) is 0 Å². The van der Waals surface area contributed by atoms with Crippen molar-refractivity contribution in [1.82, 2.24) is 14.9 Å². The number of amides is 1. The van der Waals surface area contributed by atoms with Gasteiger partial charge in [0, 0.05) is 18.2 Å². The van der Waals surface area contributed by atoms with Crippen LogP contribution in [0.25, 0.3) is 5.52 Å². The van der Waals surface area contributed by atoms with Crippen LogP contribution in [0.5, 0.6) is 0 Å². The molecule has 0 spiro atoms. The maximum Gasteiger partial charge on any atom is 0.255 e. The Bertz CT molecular complexity index is 579. The molecule has 2 heterocycles. The zero-order valence-corrected chi connectivity index (χ0v) is 12.0. The summed E-state index contributed by atoms with van der Waals surface area (Å²) >= 11 is 0. The normalized spacial score (nSPS) is 11.8. The molecule has 20 heavy (non-hydrogen) atoms. The van der Waals surface area contributed by atoms with Crippen LogP contribution in [0.15, 0.2) is 30.6 Å². The number of nitrogens with zero attached hydrogens (tertiary/aromatic N) is 2. The van der Waals surface area contributed by atoms with Crippen LogP contribution < -0.4 is 5.32 Å². The number of hydrogen-bond acceptors (Lipinski definition) is 3. The molecule has 0 bridgehead atoms. The van der Waals surface area contributed by atoms with Crippen molar-refractivity contribution in [2.45, 2.75) is 26.7 Å². The van der Waals surface area contributed by atoms with Gasteiger partial charge < -0.3 is 10.4 Å². The van der Waals surface area contributed by atoms with Gasteiger partial charge in [0.05, 0.1) is 23.9 Å². The fourth-order valence-electron chi connectivity index (χ4n) is 2.25. The molecule has 0 aliphatic heterocycles. The molecule has 0 fully saturated rings. The van der Waals surface area contributed by atoms with Gasteiger partial charge in [-0.3, -0.25) is 4.79 Å². The number of aliphatic hydroxyl groups is 1. The Labute approximate surface area is 118 Å². The molecule has 108 valence electrons. The SMILES string of the molecule is CCC(CC)(CO)CNC(=O)c1cnn2ccccc12. The van der Waals surface area contributed by atoms with Gasteiger partial charge in [-0.05, 0) is 25.0 Å². The maximum atomic E-state index is 12.3. The largest absolute Gasteiger partial charge is 0.396 e. The number of aliphatic hydroxyl groups excluding tert-OH is 1. The third-order valence-corrected chi connectivity index (χ3v) is 4.13. The summed E-state index contributed by atoms with van der Waals surface area (Å²) < 4.78 is 1.67. The van der Waals surface area contributed by atoms with Gasteiger partial charge in [-0.2, -0.15) is 5.10 Å². The maximum absolute atomic E-state index is 12.3. The molecule has 2 aromatic rings. The summed E-state index contributed by atoms with van der Waals surface area (Å²) in [6.07, 6.45) is 5.04. The monoisotopic (exact) mass is 275 g/mol. The highest BCUT2D eigenvalue weighted by Crippen LogP contribution is 2.24. The van der Waals surface area contributed by atoms with E-state index in [2.05, 4.69) is 10.4 Å². The van der Waals surface area contributed by atoms with Crippen LogP contribution in [0, 0.1) is 5.41 Å². The van der Waals surface area contributed by atoms with Gasteiger partial charge in [0.1, 0.15) is 0 Å². The molecule has 0 unspecified atom stereocenters. The number of fused-ring (bicyclic) bond motifs is 1. The molecule has 2 aromatic heterocycles. The zero-order chi connectivity index (χ0) is 14.6. The molecule has 0 aliphatic rings. The van der Waals surface area contributed by atoms with E-state index in [1.54, 1.807) is 10.7 Å². The molecule has 0 radical (unpaired) electrons. The van der Waals surface area contributed by atoms with Crippen LogP contribution in [0.2, 0.25) is 0 Å². The molecule has 1 amide bonds. The van der Waals surface area contributed by atoms with Crippen LogP contribution in [-0.2, 0) is 0 Å². The predicted octanol–water partition coefficient (Wildman–Crippen LogP) is 1.86. The van der Waals surface area contributed by atoms with E-state index in [9.17, 15) is 9.90 Å². The lowest BCUT2D eigenvalue weighted by molar-refractivity contribution is 0.0852. The van der Waals surface area contributed by atoms with E-state index in [-0.39, 0.29) is 17.9 Å². The van der Waals surface area contributed by atoms with Crippen molar-refractivity contribution in [2.24, 2.45) is 5.41 Å². The molecular weight excluding hydrogens is 254 g/mol. The number of aromatic nitrogens is 2. The molecule has 5 heteroatoms. The van der Waals surface area contributed by atoms with Crippen molar-refractivity contribution in [2.75, 3.05) is 13.2 Å². The first-order valence-electron chi connectivity index (χ1n) is 6.97. The third kappa shape index (κ3) is 2.67. The average Bonchev–Trinajstić information content (AvgIpc) is 2.93. The average molecular weight is 275 g/mol. The van der Waals surface area contributed by atoms with E-state index < -0.39 is 0 Å². The second-order valence-corrected chi connectivity index (χ2v) is 5.14. The Morgan fingerprint density at radius 2 is 2.15 bits per heavy atom. The van der Waals surface area contributed by atoms with Crippen LogP contribution in [-0.4, -0.2) is 33.8 Å². The van der Waals surface area contributed by atoms with Crippen molar-refractivity contribution in [3.8, 4) is 0 Å². The van der Waals surface area contributed by atoms with Crippen LogP contribution in [0.1, 0.15) is 37.0 Å². The van der Waals surface area contributed by atoms with E-state index in [1.165, 1.54) is 0 Å². The van der Waals surface area contributed by atoms with Crippen molar-refractivity contribution in [1.29, 1.82) is 0 Å². The quantitative estimate of drug-likeness (QED) is 0.845. The van der Waals surface area contributed by atoms with Crippen molar-refractivity contribution >= 4 is 11.4 Å². The third-order valence-electron chi connectivity index (χ3n) is 4.13. The molecule has 0 aromatic carbocycles. The zero-order valence-electron chi connectivity index (χ0n) is 12.0. The lowest BCUT2D eigenvalue weighted by Gasteiger charge is -2.29. The van der Waals surface area contributed by atoms with Crippen LogP contribution in [0.3, 0.4) is 0 Å². The summed E-state index contributed by atoms with van der Waals surface area (Å²) in [6, 6.07) is 5.61. The summed E-state index contributed by atoms with van der Waals surface area (Å²) in [7, 11) is 0. The van der Waals surface area contributed by atoms with Crippen molar-refractivity contribution < 1.29 is 9.90 Å². The highest BCUT2D eigenvalue weighted by atomic mass is 16.3. The van der Waals surface area contributed by atoms with Gasteiger partial charge in [0.25, 0.3) is 5.91 Å². The molecule has 2 rings (SSSR count). The predicted molar refractivity (Wildman–Crippen MR) is 77.6 cm³/mol. The Hall–Kier alpha value is -1.88. The van der Waals surface area contributed by atoms with E-state index in [0.717, 1.165) is 18.4 Å². The minimum atomic E-state index is -0.237. The highest BCUT2D eigenvalue weighted by Gasteiger charge is 2.26. The fraction of sp³-hybridized carbons (Fsp3) is 0.467. The van der Waals surface area contributed by atoms with Crippen molar-refractivity contribution in [3.63, 3.8) is 0 Å². The second kappa shape index (κ2) is 6.05. The van der Waals surface area contributed by atoms with E-state index >= 15 is 0 Å². The van der Waals surface area contributed by atoms with Gasteiger partial charge >= 0.3 is 0 Å². The lowest BCUT2D eigenvalue weighted by Crippen LogP contribution is -2.39. The topological polar surface area (TPSA) is 66.6 Å². The molecular formula is C15H21N3O2. The van der Waals surface area contributed by atoms with E-state index in [0.29, 0.717) is 12.1 Å². The number of carbonyl (C=O) groups is 1. The lowest BCUT2D eigenvalue weighted by atomic mass is 9.83. The van der Waals surface area contributed by atoms with Gasteiger partial charge in [-0.1, -0.05) is 19.9 Å². The summed E-state index contributed by atoms with van der Waals surface area (Å²) in [6.45, 7) is 4.61. The second-order valence-electron chi connectivity index (χ2n) is 5.14. The molecule has 0 atom stereocenters. The Morgan fingerprint density at radius 3 is 2.80 bits per heavy atom. The Kier molecular flexibility index (Phi) is 4.39. The molecule has 2 N–H and O–H groups in total. The van der Waals surface area contributed by atoms with Crippen LogP contribution >= 0.6 is 0 Å². The number of pyridine rings is 1. The van der Waals surface area contributed by atoms with E-state index in [1.807, 2.05) is 38.2 Å². The standard InChI is InChI=1S/C15H21N3O2/c1-3-15(4-2,11-19)10-16-14(20)12-9-17-18-8-6-5-7-13(12)18/h5-9,19H,3-4,10-11H2,1-2H3,(H,16,20). The van der Waals surface area contributed by atoms with E-state index in [4.69, 9.17) is 0 Å². The number of rotatable bonds is 6. The Balaban J connectivity index is 2.13. The first kappa shape index (κ1) is 14.5. The smallest absolute Gasteiger partial charge is 0.255 e. The molecule has 0 saturated carbocycles. The summed E-state index contributed by atoms with van der Waals surface area (Å²) in [5, 5.41) is 16.6. The molecule has 0 aliphatic carbocycles. The summed E-state index contributed by atoms with van der Waals surface area (Å²) in [4.78, 5) is 12.3. The van der Waals surface area contributed by atoms with Crippen molar-refractivity contribution in [3.05, 3.63) is 36.2 Å². The first-order valence-corrected chi connectivity index (χ1v) is 6.97. The minimum absolute atomic E-state index is 0.0784. The number of nitrogens with one attached hydrogen (secondary N) is 1. The number of carbonyl (C=O) groups excluding carboxylic acids is 1. The Morgan fingerprint density at radius 1 is 1.40 bits per heavy atom. The minimum Gasteiger partial charge on any atom is -0.396 e. The first-order chi connectivity index (χ1) is 9.65. The summed E-state index contributed by atoms with van der Waals surface area (Å²) in [5.74, 6) is -0.147. The number of hydrogen-bond donors (Lipinski definition) is 2.